The molecule has 0 aliphatic carbocycles. The van der Waals surface area contributed by atoms with Crippen LogP contribution < -0.4 is 5.73 Å². The smallest absolute Gasteiger partial charge is 0.248 e. The number of carbonyl (C=O) groups is 2. The van der Waals surface area contributed by atoms with Crippen LogP contribution in [0.5, 0.6) is 0 Å². The van der Waals surface area contributed by atoms with E-state index in [1.54, 1.807) is 19.2 Å². The molecule has 5 heteroatoms. The van der Waals surface area contributed by atoms with Crippen molar-refractivity contribution in [2.75, 3.05) is 27.3 Å². The normalized spacial score (nSPS) is 10.4. The summed E-state index contributed by atoms with van der Waals surface area (Å²) in [7, 11) is 3.13. The Kier molecular flexibility index (Phi) is 6.39. The average Bonchev–Trinajstić information content (AvgIpc) is 2.12. The van der Waals surface area contributed by atoms with Crippen LogP contribution in [-0.4, -0.2) is 44.0 Å². The lowest BCUT2D eigenvalue weighted by molar-refractivity contribution is -0.133. The fourth-order valence-corrected chi connectivity index (χ4v) is 0.768. The summed E-state index contributed by atoms with van der Waals surface area (Å²) in [6, 6.07) is 0. The summed E-state index contributed by atoms with van der Waals surface area (Å²) in [5.41, 5.74) is 4.93. The van der Waals surface area contributed by atoms with Gasteiger partial charge in [-0.3, -0.25) is 9.59 Å². The van der Waals surface area contributed by atoms with Gasteiger partial charge in [0.25, 0.3) is 0 Å². The zero-order valence-corrected chi connectivity index (χ0v) is 8.53. The van der Waals surface area contributed by atoms with Gasteiger partial charge in [-0.15, -0.1) is 0 Å². The van der Waals surface area contributed by atoms with Crippen molar-refractivity contribution in [3.05, 3.63) is 12.2 Å². The van der Waals surface area contributed by atoms with Gasteiger partial charge < -0.3 is 15.4 Å². The van der Waals surface area contributed by atoms with Crippen molar-refractivity contribution in [3.63, 3.8) is 0 Å². The van der Waals surface area contributed by atoms with Gasteiger partial charge in [-0.2, -0.15) is 0 Å². The first-order valence-electron chi connectivity index (χ1n) is 4.24. The third kappa shape index (κ3) is 6.19. The maximum Gasteiger partial charge on any atom is 0.248 e. The van der Waals surface area contributed by atoms with Crippen LogP contribution >= 0.6 is 0 Å². The third-order valence-electron chi connectivity index (χ3n) is 1.56. The number of ether oxygens (including phenoxy) is 1. The summed E-state index contributed by atoms with van der Waals surface area (Å²) in [4.78, 5) is 23.0. The number of rotatable bonds is 6. The second-order valence-corrected chi connectivity index (χ2v) is 2.85. The van der Waals surface area contributed by atoms with E-state index < -0.39 is 0 Å². The van der Waals surface area contributed by atoms with Crippen molar-refractivity contribution in [3.8, 4) is 0 Å². The molecular formula is C9H16N2O3. The Labute approximate surface area is 83.5 Å². The standard InChI is InChI=1S/C9H16N2O3/c1-11(9(13)7-14-2)6-4-3-5-8(10)12/h3-4H,5-7H2,1-2H3,(H2,10,12)/b4-3+. The molecule has 5 nitrogen and oxygen atoms in total. The Hall–Kier alpha value is -1.36. The van der Waals surface area contributed by atoms with Crippen LogP contribution in [0.15, 0.2) is 12.2 Å². The molecule has 0 rings (SSSR count). The van der Waals surface area contributed by atoms with E-state index in [9.17, 15) is 9.59 Å². The summed E-state index contributed by atoms with van der Waals surface area (Å²) in [5.74, 6) is -0.483. The lowest BCUT2D eigenvalue weighted by Gasteiger charge is -2.13. The number of nitrogens with zero attached hydrogens (tertiary/aromatic N) is 1. The highest BCUT2D eigenvalue weighted by atomic mass is 16.5. The van der Waals surface area contributed by atoms with E-state index >= 15 is 0 Å². The minimum absolute atomic E-state index is 0.0696. The zero-order valence-electron chi connectivity index (χ0n) is 8.53. The van der Waals surface area contributed by atoms with E-state index in [1.807, 2.05) is 0 Å². The molecule has 0 aromatic carbocycles. The third-order valence-corrected chi connectivity index (χ3v) is 1.56. The van der Waals surface area contributed by atoms with Crippen molar-refractivity contribution in [1.29, 1.82) is 0 Å². The minimum Gasteiger partial charge on any atom is -0.375 e. The van der Waals surface area contributed by atoms with Crippen LogP contribution in [0.4, 0.5) is 0 Å². The molecule has 0 unspecified atom stereocenters. The number of carbonyl (C=O) groups excluding carboxylic acids is 2. The van der Waals surface area contributed by atoms with Gasteiger partial charge in [-0.25, -0.2) is 0 Å². The molecule has 0 aliphatic rings. The topological polar surface area (TPSA) is 72.6 Å². The molecule has 2 N–H and O–H groups in total. The van der Waals surface area contributed by atoms with Gasteiger partial charge >= 0.3 is 0 Å². The van der Waals surface area contributed by atoms with E-state index in [-0.39, 0.29) is 24.8 Å². The van der Waals surface area contributed by atoms with Crippen LogP contribution in [0.1, 0.15) is 6.42 Å². The van der Waals surface area contributed by atoms with Crippen LogP contribution in [0, 0.1) is 0 Å². The molecule has 0 saturated heterocycles. The van der Waals surface area contributed by atoms with Crippen molar-refractivity contribution in [2.24, 2.45) is 5.73 Å². The highest BCUT2D eigenvalue weighted by Gasteiger charge is 2.04. The molecule has 0 saturated carbocycles. The SMILES string of the molecule is COCC(=O)N(C)C/C=C/CC(N)=O. The number of hydrogen-bond donors (Lipinski definition) is 1. The maximum atomic E-state index is 11.1. The summed E-state index contributed by atoms with van der Waals surface area (Å²) in [6.45, 7) is 0.523. The minimum atomic E-state index is -0.382. The summed E-state index contributed by atoms with van der Waals surface area (Å²) in [5, 5.41) is 0. The first-order valence-corrected chi connectivity index (χ1v) is 4.24. The lowest BCUT2D eigenvalue weighted by Crippen LogP contribution is -2.30. The van der Waals surface area contributed by atoms with Crippen LogP contribution in [-0.2, 0) is 14.3 Å². The van der Waals surface area contributed by atoms with E-state index in [0.717, 1.165) is 0 Å². The van der Waals surface area contributed by atoms with Crippen molar-refractivity contribution >= 4 is 11.8 Å². The highest BCUT2D eigenvalue weighted by Crippen LogP contribution is 1.88. The van der Waals surface area contributed by atoms with Crippen molar-refractivity contribution in [2.45, 2.75) is 6.42 Å². The van der Waals surface area contributed by atoms with Gasteiger partial charge in [0, 0.05) is 27.1 Å². The number of amides is 2. The van der Waals surface area contributed by atoms with Gasteiger partial charge in [0.2, 0.25) is 11.8 Å². The maximum absolute atomic E-state index is 11.1. The van der Waals surface area contributed by atoms with Crippen LogP contribution in [0.3, 0.4) is 0 Å². The number of nitrogens with two attached hydrogens (primary N) is 1. The summed E-state index contributed by atoms with van der Waals surface area (Å²) < 4.78 is 4.68. The Balaban J connectivity index is 3.72. The fourth-order valence-electron chi connectivity index (χ4n) is 0.768. The largest absolute Gasteiger partial charge is 0.375 e. The van der Waals surface area contributed by atoms with E-state index in [4.69, 9.17) is 5.73 Å². The molecule has 0 fully saturated rings. The Morgan fingerprint density at radius 2 is 2.07 bits per heavy atom. The molecule has 0 bridgehead atoms. The highest BCUT2D eigenvalue weighted by molar-refractivity contribution is 5.77. The fraction of sp³-hybridized carbons (Fsp3) is 0.556. The quantitative estimate of drug-likeness (QED) is 0.589. The molecule has 80 valence electrons. The molecule has 0 spiro atoms. The van der Waals surface area contributed by atoms with E-state index in [2.05, 4.69) is 4.74 Å². The van der Waals surface area contributed by atoms with Crippen molar-refractivity contribution in [1.82, 2.24) is 4.90 Å². The average molecular weight is 200 g/mol. The second-order valence-electron chi connectivity index (χ2n) is 2.85. The molecule has 0 aromatic heterocycles. The first kappa shape index (κ1) is 12.6. The van der Waals surface area contributed by atoms with E-state index in [1.165, 1.54) is 12.0 Å². The first-order chi connectivity index (χ1) is 6.57. The van der Waals surface area contributed by atoms with Gasteiger partial charge in [0.15, 0.2) is 0 Å². The number of methoxy groups -OCH3 is 1. The second kappa shape index (κ2) is 7.08. The number of likely N-dealkylation sites (N-methyl/N-ethyl adjacent to an activating group) is 1. The molecule has 0 aromatic rings. The zero-order chi connectivity index (χ0) is 11.0. The molecule has 2 amide bonds. The monoisotopic (exact) mass is 200 g/mol. The Morgan fingerprint density at radius 1 is 1.43 bits per heavy atom. The number of primary amides is 1. The van der Waals surface area contributed by atoms with Gasteiger partial charge in [0.1, 0.15) is 6.61 Å². The van der Waals surface area contributed by atoms with Gasteiger partial charge in [0.05, 0.1) is 0 Å². The summed E-state index contributed by atoms with van der Waals surface area (Å²) >= 11 is 0. The van der Waals surface area contributed by atoms with E-state index in [0.29, 0.717) is 6.54 Å². The number of hydrogen-bond acceptors (Lipinski definition) is 3. The Morgan fingerprint density at radius 3 is 2.57 bits per heavy atom. The molecule has 0 heterocycles. The molecular weight excluding hydrogens is 184 g/mol. The van der Waals surface area contributed by atoms with Crippen LogP contribution in [0.2, 0.25) is 0 Å². The lowest BCUT2D eigenvalue weighted by atomic mass is 10.3. The molecule has 0 atom stereocenters. The summed E-state index contributed by atoms with van der Waals surface area (Å²) in [6.07, 6.45) is 3.56. The molecule has 0 aliphatic heterocycles. The predicted octanol–water partition coefficient (Wildman–Crippen LogP) is -0.477. The molecule has 14 heavy (non-hydrogen) atoms. The van der Waals surface area contributed by atoms with Crippen LogP contribution in [0.25, 0.3) is 0 Å². The predicted molar refractivity (Wildman–Crippen MR) is 52.5 cm³/mol. The Bertz CT molecular complexity index is 226. The molecule has 0 radical (unpaired) electrons. The van der Waals surface area contributed by atoms with Crippen molar-refractivity contribution < 1.29 is 14.3 Å². The van der Waals surface area contributed by atoms with Gasteiger partial charge in [-0.05, 0) is 0 Å². The van der Waals surface area contributed by atoms with Gasteiger partial charge in [-0.1, -0.05) is 12.2 Å².